The van der Waals surface area contributed by atoms with E-state index in [1.165, 1.54) is 22.3 Å². The molecule has 2 aromatic rings. The van der Waals surface area contributed by atoms with Gasteiger partial charge in [0.25, 0.3) is 0 Å². The van der Waals surface area contributed by atoms with E-state index in [0.29, 0.717) is 0 Å². The van der Waals surface area contributed by atoms with Crippen LogP contribution >= 0.6 is 0 Å². The topological polar surface area (TPSA) is 32.3 Å². The maximum Gasteiger partial charge on any atom is 0.318 e. The zero-order valence-corrected chi connectivity index (χ0v) is 12.6. The Bertz CT molecular complexity index is 710. The molecular formula is C19H20N2O. The summed E-state index contributed by atoms with van der Waals surface area (Å²) in [6, 6.07) is 17.2. The summed E-state index contributed by atoms with van der Waals surface area (Å²) in [5.41, 5.74) is 5.29. The van der Waals surface area contributed by atoms with Crippen LogP contribution in [0.15, 0.2) is 48.5 Å². The Hall–Kier alpha value is -2.29. The number of nitrogens with one attached hydrogen (secondary N) is 1. The van der Waals surface area contributed by atoms with E-state index >= 15 is 0 Å². The number of nitrogens with zero attached hydrogens (tertiary/aromatic N) is 1. The molecule has 0 bridgehead atoms. The smallest absolute Gasteiger partial charge is 0.318 e. The average molecular weight is 292 g/mol. The normalized spacial score (nSPS) is 20.6. The van der Waals surface area contributed by atoms with Gasteiger partial charge in [-0.2, -0.15) is 0 Å². The Morgan fingerprint density at radius 2 is 1.55 bits per heavy atom. The molecule has 0 saturated carbocycles. The molecule has 2 aliphatic rings. The Morgan fingerprint density at radius 3 is 2.27 bits per heavy atom. The molecule has 2 heterocycles. The van der Waals surface area contributed by atoms with E-state index in [0.717, 1.165) is 32.4 Å². The van der Waals surface area contributed by atoms with Crippen molar-refractivity contribution in [2.45, 2.75) is 25.3 Å². The zero-order chi connectivity index (χ0) is 14.9. The minimum atomic E-state index is 0.0410. The standard InChI is InChI=1S/C19H20N2O/c22-19-20-12-5-8-14-6-1-3-9-16(14)18-17-10-4-2-7-15(17)11-13-21(18)19/h1-4,6-7,9-10,18H,5,8,11-13H2,(H,20,22). The van der Waals surface area contributed by atoms with Gasteiger partial charge in [0, 0.05) is 13.1 Å². The Balaban J connectivity index is 1.91. The lowest BCUT2D eigenvalue weighted by atomic mass is 9.85. The highest BCUT2D eigenvalue weighted by molar-refractivity contribution is 5.76. The maximum atomic E-state index is 12.6. The molecule has 2 aromatic carbocycles. The van der Waals surface area contributed by atoms with Crippen LogP contribution in [0.5, 0.6) is 0 Å². The summed E-state index contributed by atoms with van der Waals surface area (Å²) in [5.74, 6) is 0. The van der Waals surface area contributed by atoms with Crippen molar-refractivity contribution < 1.29 is 4.79 Å². The third kappa shape index (κ3) is 2.17. The molecule has 1 N–H and O–H groups in total. The minimum Gasteiger partial charge on any atom is -0.338 e. The van der Waals surface area contributed by atoms with Gasteiger partial charge in [0.1, 0.15) is 0 Å². The van der Waals surface area contributed by atoms with Crippen LogP contribution in [0.4, 0.5) is 4.79 Å². The summed E-state index contributed by atoms with van der Waals surface area (Å²) >= 11 is 0. The molecule has 1 unspecified atom stereocenters. The predicted octanol–water partition coefficient (Wildman–Crippen LogP) is 3.29. The van der Waals surface area contributed by atoms with Gasteiger partial charge in [-0.05, 0) is 41.5 Å². The van der Waals surface area contributed by atoms with Crippen LogP contribution in [-0.2, 0) is 12.8 Å². The molecule has 1 atom stereocenters. The number of amides is 2. The van der Waals surface area contributed by atoms with Gasteiger partial charge < -0.3 is 10.2 Å². The molecule has 2 aliphatic heterocycles. The third-order valence-corrected chi connectivity index (χ3v) is 4.79. The van der Waals surface area contributed by atoms with Crippen molar-refractivity contribution in [1.29, 1.82) is 0 Å². The summed E-state index contributed by atoms with van der Waals surface area (Å²) < 4.78 is 0. The first-order valence-electron chi connectivity index (χ1n) is 8.04. The van der Waals surface area contributed by atoms with Gasteiger partial charge >= 0.3 is 6.03 Å². The maximum absolute atomic E-state index is 12.6. The number of benzene rings is 2. The van der Waals surface area contributed by atoms with Crippen molar-refractivity contribution in [2.24, 2.45) is 0 Å². The molecule has 0 radical (unpaired) electrons. The highest BCUT2D eigenvalue weighted by Gasteiger charge is 2.33. The number of fused-ring (bicyclic) bond motifs is 5. The lowest BCUT2D eigenvalue weighted by Gasteiger charge is -2.38. The fraction of sp³-hybridized carbons (Fsp3) is 0.316. The third-order valence-electron chi connectivity index (χ3n) is 4.79. The van der Waals surface area contributed by atoms with Crippen LogP contribution in [0, 0.1) is 0 Å². The lowest BCUT2D eigenvalue weighted by molar-refractivity contribution is 0.181. The van der Waals surface area contributed by atoms with Crippen molar-refractivity contribution in [1.82, 2.24) is 10.2 Å². The van der Waals surface area contributed by atoms with E-state index in [9.17, 15) is 4.79 Å². The Kier molecular flexibility index (Phi) is 3.34. The minimum absolute atomic E-state index is 0.0410. The first-order chi connectivity index (χ1) is 10.8. The number of rotatable bonds is 0. The monoisotopic (exact) mass is 292 g/mol. The zero-order valence-electron chi connectivity index (χ0n) is 12.6. The molecule has 0 aromatic heterocycles. The van der Waals surface area contributed by atoms with Gasteiger partial charge in [0.2, 0.25) is 0 Å². The Labute approximate surface area is 131 Å². The Morgan fingerprint density at radius 1 is 0.909 bits per heavy atom. The predicted molar refractivity (Wildman–Crippen MR) is 86.9 cm³/mol. The molecule has 4 rings (SSSR count). The van der Waals surface area contributed by atoms with Crippen molar-refractivity contribution in [3.05, 3.63) is 70.8 Å². The molecule has 0 aliphatic carbocycles. The van der Waals surface area contributed by atoms with E-state index < -0.39 is 0 Å². The molecule has 112 valence electrons. The number of carbonyl (C=O) groups is 1. The first kappa shape index (κ1) is 13.4. The first-order valence-corrected chi connectivity index (χ1v) is 8.04. The van der Waals surface area contributed by atoms with E-state index in [-0.39, 0.29) is 12.1 Å². The van der Waals surface area contributed by atoms with Crippen LogP contribution in [-0.4, -0.2) is 24.0 Å². The SMILES string of the molecule is O=C1NCCCc2ccccc2C2c3ccccc3CCN12. The molecular weight excluding hydrogens is 272 g/mol. The summed E-state index contributed by atoms with van der Waals surface area (Å²) in [4.78, 5) is 14.6. The molecule has 0 fully saturated rings. The number of carbonyl (C=O) groups excluding carboxylic acids is 1. The fourth-order valence-corrected chi connectivity index (χ4v) is 3.73. The summed E-state index contributed by atoms with van der Waals surface area (Å²) in [6.45, 7) is 1.53. The van der Waals surface area contributed by atoms with Crippen LogP contribution in [0.25, 0.3) is 0 Å². The lowest BCUT2D eigenvalue weighted by Crippen LogP contribution is -2.46. The van der Waals surface area contributed by atoms with Gasteiger partial charge in [-0.3, -0.25) is 0 Å². The number of aryl methyl sites for hydroxylation is 1. The van der Waals surface area contributed by atoms with Crippen LogP contribution in [0.2, 0.25) is 0 Å². The molecule has 3 nitrogen and oxygen atoms in total. The quantitative estimate of drug-likeness (QED) is 0.794. The van der Waals surface area contributed by atoms with E-state index in [4.69, 9.17) is 0 Å². The largest absolute Gasteiger partial charge is 0.338 e. The van der Waals surface area contributed by atoms with E-state index in [2.05, 4.69) is 53.8 Å². The number of urea groups is 1. The van der Waals surface area contributed by atoms with Crippen molar-refractivity contribution in [3.8, 4) is 0 Å². The van der Waals surface area contributed by atoms with Crippen molar-refractivity contribution in [2.75, 3.05) is 13.1 Å². The molecule has 0 spiro atoms. The van der Waals surface area contributed by atoms with Crippen LogP contribution in [0.1, 0.15) is 34.7 Å². The molecule has 0 saturated heterocycles. The highest BCUT2D eigenvalue weighted by Crippen LogP contribution is 2.37. The van der Waals surface area contributed by atoms with E-state index in [1.54, 1.807) is 0 Å². The second-order valence-corrected chi connectivity index (χ2v) is 6.08. The number of hydrogen-bond donors (Lipinski definition) is 1. The van der Waals surface area contributed by atoms with Crippen LogP contribution in [0.3, 0.4) is 0 Å². The second-order valence-electron chi connectivity index (χ2n) is 6.08. The van der Waals surface area contributed by atoms with Gasteiger partial charge in [-0.15, -0.1) is 0 Å². The fourth-order valence-electron chi connectivity index (χ4n) is 3.73. The summed E-state index contributed by atoms with van der Waals surface area (Å²) in [7, 11) is 0. The van der Waals surface area contributed by atoms with Crippen molar-refractivity contribution in [3.63, 3.8) is 0 Å². The molecule has 2 amide bonds. The molecule has 22 heavy (non-hydrogen) atoms. The summed E-state index contributed by atoms with van der Waals surface area (Å²) in [6.07, 6.45) is 2.94. The summed E-state index contributed by atoms with van der Waals surface area (Å²) in [5, 5.41) is 3.08. The van der Waals surface area contributed by atoms with E-state index in [1.807, 2.05) is 4.90 Å². The average Bonchev–Trinajstić information content (AvgIpc) is 2.64. The van der Waals surface area contributed by atoms with Crippen molar-refractivity contribution >= 4 is 6.03 Å². The van der Waals surface area contributed by atoms with Gasteiger partial charge in [-0.1, -0.05) is 48.5 Å². The second kappa shape index (κ2) is 5.48. The van der Waals surface area contributed by atoms with Gasteiger partial charge in [-0.25, -0.2) is 4.79 Å². The number of hydrogen-bond acceptors (Lipinski definition) is 1. The molecule has 3 heteroatoms. The van der Waals surface area contributed by atoms with Crippen LogP contribution < -0.4 is 5.32 Å². The van der Waals surface area contributed by atoms with Gasteiger partial charge in [0.15, 0.2) is 0 Å². The van der Waals surface area contributed by atoms with Gasteiger partial charge in [0.05, 0.1) is 6.04 Å². The highest BCUT2D eigenvalue weighted by atomic mass is 16.2.